The Balaban J connectivity index is 1.57. The average molecular weight is 250 g/mol. The van der Waals surface area contributed by atoms with Crippen LogP contribution in [-0.2, 0) is 6.54 Å². The molecule has 2 nitrogen and oxygen atoms in total. The number of nitrogens with one attached hydrogen (secondary N) is 1. The third-order valence-corrected chi connectivity index (χ3v) is 3.32. The molecule has 0 aromatic heterocycles. The van der Waals surface area contributed by atoms with Crippen molar-refractivity contribution in [3.8, 4) is 0 Å². The topological polar surface area (TPSA) is 15.3 Å². The van der Waals surface area contributed by atoms with Gasteiger partial charge in [-0.1, -0.05) is 12.1 Å². The zero-order valence-electron chi connectivity index (χ0n) is 11.2. The van der Waals surface area contributed by atoms with Crippen LogP contribution in [0.25, 0.3) is 0 Å². The van der Waals surface area contributed by atoms with E-state index >= 15 is 0 Å². The lowest BCUT2D eigenvalue weighted by molar-refractivity contribution is 0.317. The standard InChI is InChI=1S/C15H23FN2/c1-18(10-3-2-9-17-15-7-8-15)12-13-5-4-6-14(16)11-13/h4-6,11,15,17H,2-3,7-10,12H2,1H3. The minimum Gasteiger partial charge on any atom is -0.314 e. The maximum Gasteiger partial charge on any atom is 0.123 e. The number of nitrogens with zero attached hydrogens (tertiary/aromatic N) is 1. The van der Waals surface area contributed by atoms with Crippen LogP contribution < -0.4 is 5.32 Å². The Kier molecular flexibility index (Phi) is 5.14. The number of halogens is 1. The molecule has 0 spiro atoms. The SMILES string of the molecule is CN(CCCCNC1CC1)Cc1cccc(F)c1. The number of benzene rings is 1. The molecule has 0 atom stereocenters. The van der Waals surface area contributed by atoms with Gasteiger partial charge in [0.15, 0.2) is 0 Å². The summed E-state index contributed by atoms with van der Waals surface area (Å²) in [6, 6.07) is 7.68. The first kappa shape index (κ1) is 13.5. The Bertz CT molecular complexity index is 363. The van der Waals surface area contributed by atoms with E-state index in [2.05, 4.69) is 17.3 Å². The lowest BCUT2D eigenvalue weighted by atomic mass is 10.2. The molecular formula is C15H23FN2. The second-order valence-corrected chi connectivity index (χ2v) is 5.30. The molecular weight excluding hydrogens is 227 g/mol. The van der Waals surface area contributed by atoms with Crippen LogP contribution in [-0.4, -0.2) is 31.1 Å². The summed E-state index contributed by atoms with van der Waals surface area (Å²) in [5.74, 6) is -0.144. The van der Waals surface area contributed by atoms with Crippen LogP contribution in [0.2, 0.25) is 0 Å². The summed E-state index contributed by atoms with van der Waals surface area (Å²) in [7, 11) is 2.10. The second kappa shape index (κ2) is 6.86. The molecule has 0 saturated heterocycles. The highest BCUT2D eigenvalue weighted by atomic mass is 19.1. The highest BCUT2D eigenvalue weighted by molar-refractivity contribution is 5.15. The third kappa shape index (κ3) is 5.15. The number of unbranched alkanes of at least 4 members (excludes halogenated alkanes) is 1. The molecule has 0 heterocycles. The van der Waals surface area contributed by atoms with E-state index in [0.717, 1.165) is 31.2 Å². The zero-order valence-corrected chi connectivity index (χ0v) is 11.2. The zero-order chi connectivity index (χ0) is 12.8. The molecule has 3 heteroatoms. The molecule has 0 unspecified atom stereocenters. The van der Waals surface area contributed by atoms with Gasteiger partial charge in [0.1, 0.15) is 5.82 Å². The summed E-state index contributed by atoms with van der Waals surface area (Å²) in [6.45, 7) is 3.04. The van der Waals surface area contributed by atoms with E-state index in [1.807, 2.05) is 6.07 Å². The van der Waals surface area contributed by atoms with Crippen molar-refractivity contribution in [1.29, 1.82) is 0 Å². The normalized spacial score (nSPS) is 15.3. The van der Waals surface area contributed by atoms with Crippen molar-refractivity contribution in [1.82, 2.24) is 10.2 Å². The van der Waals surface area contributed by atoms with E-state index in [1.54, 1.807) is 12.1 Å². The molecule has 0 bridgehead atoms. The molecule has 18 heavy (non-hydrogen) atoms. The Morgan fingerprint density at radius 3 is 2.89 bits per heavy atom. The van der Waals surface area contributed by atoms with Crippen LogP contribution in [0.1, 0.15) is 31.2 Å². The number of hydrogen-bond donors (Lipinski definition) is 1. The monoisotopic (exact) mass is 250 g/mol. The van der Waals surface area contributed by atoms with Crippen molar-refractivity contribution in [3.05, 3.63) is 35.6 Å². The summed E-state index contributed by atoms with van der Waals surface area (Å²) in [5.41, 5.74) is 1.05. The Morgan fingerprint density at radius 2 is 2.17 bits per heavy atom. The molecule has 100 valence electrons. The predicted molar refractivity (Wildman–Crippen MR) is 73.0 cm³/mol. The number of hydrogen-bond acceptors (Lipinski definition) is 2. The van der Waals surface area contributed by atoms with E-state index in [4.69, 9.17) is 0 Å². The molecule has 1 N–H and O–H groups in total. The molecule has 1 fully saturated rings. The Labute approximate surface area is 109 Å². The largest absolute Gasteiger partial charge is 0.314 e. The minimum absolute atomic E-state index is 0.144. The van der Waals surface area contributed by atoms with Crippen LogP contribution in [0.5, 0.6) is 0 Å². The highest BCUT2D eigenvalue weighted by Gasteiger charge is 2.19. The van der Waals surface area contributed by atoms with E-state index in [0.29, 0.717) is 0 Å². The quantitative estimate of drug-likeness (QED) is 0.714. The van der Waals surface area contributed by atoms with Gasteiger partial charge in [-0.15, -0.1) is 0 Å². The van der Waals surface area contributed by atoms with Gasteiger partial charge >= 0.3 is 0 Å². The van der Waals surface area contributed by atoms with Crippen LogP contribution >= 0.6 is 0 Å². The lowest BCUT2D eigenvalue weighted by Crippen LogP contribution is -2.22. The van der Waals surface area contributed by atoms with Crippen molar-refractivity contribution in [2.45, 2.75) is 38.3 Å². The van der Waals surface area contributed by atoms with Gasteiger partial charge < -0.3 is 10.2 Å². The van der Waals surface area contributed by atoms with Crippen molar-refractivity contribution < 1.29 is 4.39 Å². The van der Waals surface area contributed by atoms with Gasteiger partial charge in [0.2, 0.25) is 0 Å². The first-order chi connectivity index (χ1) is 8.74. The van der Waals surface area contributed by atoms with Crippen molar-refractivity contribution in [2.75, 3.05) is 20.1 Å². The highest BCUT2D eigenvalue weighted by Crippen LogP contribution is 2.18. The van der Waals surface area contributed by atoms with E-state index < -0.39 is 0 Å². The van der Waals surface area contributed by atoms with Gasteiger partial charge in [-0.25, -0.2) is 4.39 Å². The summed E-state index contributed by atoms with van der Waals surface area (Å²) in [4.78, 5) is 2.26. The third-order valence-electron chi connectivity index (χ3n) is 3.32. The molecule has 0 amide bonds. The fourth-order valence-corrected chi connectivity index (χ4v) is 2.13. The van der Waals surface area contributed by atoms with Crippen LogP contribution in [0.4, 0.5) is 4.39 Å². The summed E-state index contributed by atoms with van der Waals surface area (Å²) in [5, 5.41) is 3.52. The van der Waals surface area contributed by atoms with E-state index in [9.17, 15) is 4.39 Å². The Hall–Kier alpha value is -0.930. The molecule has 1 aliphatic carbocycles. The predicted octanol–water partition coefficient (Wildman–Crippen LogP) is 2.79. The fraction of sp³-hybridized carbons (Fsp3) is 0.600. The van der Waals surface area contributed by atoms with E-state index in [1.165, 1.54) is 31.7 Å². The minimum atomic E-state index is -0.144. The van der Waals surface area contributed by atoms with Gasteiger partial charge in [0.25, 0.3) is 0 Å². The smallest absolute Gasteiger partial charge is 0.123 e. The van der Waals surface area contributed by atoms with Gasteiger partial charge in [-0.2, -0.15) is 0 Å². The van der Waals surface area contributed by atoms with Gasteiger partial charge in [-0.05, 0) is 63.5 Å². The Morgan fingerprint density at radius 1 is 1.33 bits per heavy atom. The molecule has 1 aromatic carbocycles. The maximum atomic E-state index is 13.0. The molecule has 0 radical (unpaired) electrons. The maximum absolute atomic E-state index is 13.0. The fourth-order valence-electron chi connectivity index (χ4n) is 2.13. The molecule has 1 aliphatic rings. The van der Waals surface area contributed by atoms with Crippen molar-refractivity contribution in [3.63, 3.8) is 0 Å². The van der Waals surface area contributed by atoms with Gasteiger partial charge in [0.05, 0.1) is 0 Å². The number of rotatable bonds is 8. The molecule has 2 rings (SSSR count). The summed E-state index contributed by atoms with van der Waals surface area (Å²) in [6.07, 6.45) is 5.15. The van der Waals surface area contributed by atoms with Crippen LogP contribution in [0, 0.1) is 5.82 Å². The lowest BCUT2D eigenvalue weighted by Gasteiger charge is -2.16. The molecule has 1 aromatic rings. The van der Waals surface area contributed by atoms with E-state index in [-0.39, 0.29) is 5.82 Å². The summed E-state index contributed by atoms with van der Waals surface area (Å²) >= 11 is 0. The first-order valence-electron chi connectivity index (χ1n) is 6.90. The second-order valence-electron chi connectivity index (χ2n) is 5.30. The average Bonchev–Trinajstić information content (AvgIpc) is 3.12. The van der Waals surface area contributed by atoms with Crippen molar-refractivity contribution >= 4 is 0 Å². The van der Waals surface area contributed by atoms with Crippen molar-refractivity contribution in [2.24, 2.45) is 0 Å². The molecule has 0 aliphatic heterocycles. The van der Waals surface area contributed by atoms with Crippen LogP contribution in [0.3, 0.4) is 0 Å². The van der Waals surface area contributed by atoms with Crippen LogP contribution in [0.15, 0.2) is 24.3 Å². The van der Waals surface area contributed by atoms with Gasteiger partial charge in [-0.3, -0.25) is 0 Å². The molecule has 1 saturated carbocycles. The van der Waals surface area contributed by atoms with Gasteiger partial charge in [0, 0.05) is 12.6 Å². The summed E-state index contributed by atoms with van der Waals surface area (Å²) < 4.78 is 13.0. The first-order valence-corrected chi connectivity index (χ1v) is 6.90.